The lowest BCUT2D eigenvalue weighted by molar-refractivity contribution is -0.143. The SMILES string of the molecule is C=CCCC(NC(=O)C(C)(CCC)NC(=O)OCC1c2ccccc2-c2ccccc21)C(=O)O. The summed E-state index contributed by atoms with van der Waals surface area (Å²) in [6, 6.07) is 15.0. The Balaban J connectivity index is 1.68. The zero-order valence-corrected chi connectivity index (χ0v) is 19.7. The van der Waals surface area contributed by atoms with Crippen LogP contribution in [0.5, 0.6) is 0 Å². The van der Waals surface area contributed by atoms with Crippen LogP contribution in [0.15, 0.2) is 61.2 Å². The van der Waals surface area contributed by atoms with E-state index in [0.29, 0.717) is 19.3 Å². The third kappa shape index (κ3) is 5.47. The topological polar surface area (TPSA) is 105 Å². The molecule has 0 aliphatic heterocycles. The van der Waals surface area contributed by atoms with Crippen LogP contribution in [-0.2, 0) is 14.3 Å². The summed E-state index contributed by atoms with van der Waals surface area (Å²) in [7, 11) is 0. The van der Waals surface area contributed by atoms with Crippen molar-refractivity contribution in [3.8, 4) is 11.1 Å². The molecule has 2 unspecified atom stereocenters. The van der Waals surface area contributed by atoms with Crippen molar-refractivity contribution in [3.05, 3.63) is 72.3 Å². The molecule has 1 aliphatic carbocycles. The number of carboxylic acids is 1. The average molecular weight is 465 g/mol. The summed E-state index contributed by atoms with van der Waals surface area (Å²) in [5.41, 5.74) is 3.14. The Morgan fingerprint density at radius 1 is 1.12 bits per heavy atom. The third-order valence-corrected chi connectivity index (χ3v) is 6.24. The van der Waals surface area contributed by atoms with Gasteiger partial charge in [-0.1, -0.05) is 68.0 Å². The first kappa shape index (κ1) is 25.0. The summed E-state index contributed by atoms with van der Waals surface area (Å²) < 4.78 is 5.59. The van der Waals surface area contributed by atoms with Crippen LogP contribution < -0.4 is 10.6 Å². The number of fused-ring (bicyclic) bond motifs is 3. The first-order valence-corrected chi connectivity index (χ1v) is 11.6. The van der Waals surface area contributed by atoms with Gasteiger partial charge >= 0.3 is 12.1 Å². The van der Waals surface area contributed by atoms with E-state index in [1.165, 1.54) is 0 Å². The number of carbonyl (C=O) groups is 3. The molecule has 0 heterocycles. The highest BCUT2D eigenvalue weighted by molar-refractivity contribution is 5.92. The smallest absolute Gasteiger partial charge is 0.408 e. The minimum atomic E-state index is -1.31. The summed E-state index contributed by atoms with van der Waals surface area (Å²) >= 11 is 0. The average Bonchev–Trinajstić information content (AvgIpc) is 3.14. The molecular formula is C27H32N2O5. The van der Waals surface area contributed by atoms with Crippen molar-refractivity contribution in [2.75, 3.05) is 6.61 Å². The number of ether oxygens (including phenoxy) is 1. The molecule has 7 heteroatoms. The standard InChI is InChI=1S/C27H32N2O5/c1-4-6-15-23(24(30)31)28-25(32)27(3,16-5-2)29-26(33)34-17-22-20-13-9-7-11-18(20)19-12-8-10-14-21(19)22/h4,7-14,22-23H,1,5-6,15-17H2,2-3H3,(H,28,32)(H,29,33)(H,30,31). The fourth-order valence-electron chi connectivity index (χ4n) is 4.45. The van der Waals surface area contributed by atoms with E-state index in [1.54, 1.807) is 13.0 Å². The van der Waals surface area contributed by atoms with Crippen molar-refractivity contribution in [2.45, 2.75) is 57.0 Å². The first-order valence-electron chi connectivity index (χ1n) is 11.6. The second kappa shape index (κ2) is 11.0. The minimum absolute atomic E-state index is 0.0975. The van der Waals surface area contributed by atoms with Gasteiger partial charge in [0.15, 0.2) is 0 Å². The quantitative estimate of drug-likeness (QED) is 0.421. The van der Waals surface area contributed by atoms with Crippen molar-refractivity contribution in [1.82, 2.24) is 10.6 Å². The van der Waals surface area contributed by atoms with Gasteiger partial charge in [-0.3, -0.25) is 4.79 Å². The number of hydrogen-bond donors (Lipinski definition) is 3. The lowest BCUT2D eigenvalue weighted by Crippen LogP contribution is -2.59. The fourth-order valence-corrected chi connectivity index (χ4v) is 4.45. The summed E-state index contributed by atoms with van der Waals surface area (Å²) in [6.45, 7) is 7.19. The Morgan fingerprint density at radius 2 is 1.71 bits per heavy atom. The summed E-state index contributed by atoms with van der Waals surface area (Å²) in [5.74, 6) is -1.78. The van der Waals surface area contributed by atoms with Crippen LogP contribution >= 0.6 is 0 Å². The van der Waals surface area contributed by atoms with Gasteiger partial charge in [-0.2, -0.15) is 0 Å². The first-order chi connectivity index (χ1) is 16.3. The Kier molecular flexibility index (Phi) is 8.10. The van der Waals surface area contributed by atoms with Crippen LogP contribution in [0.1, 0.15) is 56.6 Å². The zero-order valence-electron chi connectivity index (χ0n) is 19.7. The van der Waals surface area contributed by atoms with E-state index < -0.39 is 29.6 Å². The molecule has 2 aromatic rings. The van der Waals surface area contributed by atoms with Gasteiger partial charge in [-0.25, -0.2) is 9.59 Å². The maximum absolute atomic E-state index is 13.0. The van der Waals surface area contributed by atoms with Gasteiger partial charge < -0.3 is 20.5 Å². The normalized spacial score (nSPS) is 14.8. The molecular weight excluding hydrogens is 432 g/mol. The van der Waals surface area contributed by atoms with Crippen LogP contribution in [0.4, 0.5) is 4.79 Å². The maximum atomic E-state index is 13.0. The Hall–Kier alpha value is -3.61. The van der Waals surface area contributed by atoms with Gasteiger partial charge in [0.2, 0.25) is 5.91 Å². The van der Waals surface area contributed by atoms with Crippen molar-refractivity contribution >= 4 is 18.0 Å². The number of carboxylic acid groups (broad SMARTS) is 1. The Labute approximate surface area is 200 Å². The number of aliphatic carboxylic acids is 1. The second-order valence-corrected chi connectivity index (χ2v) is 8.76. The fraction of sp³-hybridized carbons (Fsp3) is 0.370. The molecule has 3 N–H and O–H groups in total. The molecule has 0 spiro atoms. The van der Waals surface area contributed by atoms with E-state index in [4.69, 9.17) is 4.74 Å². The highest BCUT2D eigenvalue weighted by Crippen LogP contribution is 2.44. The molecule has 0 saturated carbocycles. The van der Waals surface area contributed by atoms with Crippen LogP contribution in [0.3, 0.4) is 0 Å². The molecule has 34 heavy (non-hydrogen) atoms. The number of amides is 2. The van der Waals surface area contributed by atoms with Gasteiger partial charge in [0, 0.05) is 5.92 Å². The molecule has 2 amide bonds. The van der Waals surface area contributed by atoms with Gasteiger partial charge in [-0.15, -0.1) is 6.58 Å². The Bertz CT molecular complexity index is 1020. The number of rotatable bonds is 11. The van der Waals surface area contributed by atoms with Gasteiger partial charge in [0.25, 0.3) is 0 Å². The molecule has 3 rings (SSSR count). The molecule has 180 valence electrons. The number of hydrogen-bond acceptors (Lipinski definition) is 4. The van der Waals surface area contributed by atoms with E-state index in [2.05, 4.69) is 29.3 Å². The number of benzene rings is 2. The summed E-state index contributed by atoms with van der Waals surface area (Å²) in [5, 5.41) is 14.7. The maximum Gasteiger partial charge on any atom is 0.408 e. The predicted molar refractivity (Wildman–Crippen MR) is 131 cm³/mol. The van der Waals surface area contributed by atoms with Crippen LogP contribution in [0.25, 0.3) is 11.1 Å². The molecule has 0 radical (unpaired) electrons. The zero-order chi connectivity index (χ0) is 24.7. The highest BCUT2D eigenvalue weighted by Gasteiger charge is 2.37. The summed E-state index contributed by atoms with van der Waals surface area (Å²) in [6.07, 6.45) is 2.49. The van der Waals surface area contributed by atoms with E-state index in [0.717, 1.165) is 22.3 Å². The van der Waals surface area contributed by atoms with Crippen LogP contribution in [-0.4, -0.2) is 41.3 Å². The number of carbonyl (C=O) groups excluding carboxylic acids is 2. The van der Waals surface area contributed by atoms with E-state index in [1.807, 2.05) is 43.3 Å². The molecule has 0 aromatic heterocycles. The van der Waals surface area contributed by atoms with Crippen LogP contribution in [0, 0.1) is 0 Å². The second-order valence-electron chi connectivity index (χ2n) is 8.76. The molecule has 2 aromatic carbocycles. The van der Waals surface area contributed by atoms with Crippen LogP contribution in [0.2, 0.25) is 0 Å². The van der Waals surface area contributed by atoms with Gasteiger partial charge in [-0.05, 0) is 48.4 Å². The molecule has 2 atom stereocenters. The lowest BCUT2D eigenvalue weighted by atomic mass is 9.94. The van der Waals surface area contributed by atoms with E-state index in [-0.39, 0.29) is 18.9 Å². The monoisotopic (exact) mass is 464 g/mol. The highest BCUT2D eigenvalue weighted by atomic mass is 16.5. The lowest BCUT2D eigenvalue weighted by Gasteiger charge is -2.30. The van der Waals surface area contributed by atoms with E-state index in [9.17, 15) is 19.5 Å². The molecule has 0 bridgehead atoms. The Morgan fingerprint density at radius 3 is 2.24 bits per heavy atom. The van der Waals surface area contributed by atoms with Crippen molar-refractivity contribution in [1.29, 1.82) is 0 Å². The minimum Gasteiger partial charge on any atom is -0.480 e. The molecule has 0 saturated heterocycles. The van der Waals surface area contributed by atoms with E-state index >= 15 is 0 Å². The number of allylic oxidation sites excluding steroid dienone is 1. The summed E-state index contributed by atoms with van der Waals surface area (Å²) in [4.78, 5) is 37.3. The predicted octanol–water partition coefficient (Wildman–Crippen LogP) is 4.62. The van der Waals surface area contributed by atoms with Gasteiger partial charge in [0.05, 0.1) is 0 Å². The largest absolute Gasteiger partial charge is 0.480 e. The molecule has 1 aliphatic rings. The van der Waals surface area contributed by atoms with Crippen molar-refractivity contribution in [3.63, 3.8) is 0 Å². The van der Waals surface area contributed by atoms with Crippen molar-refractivity contribution < 1.29 is 24.2 Å². The molecule has 7 nitrogen and oxygen atoms in total. The number of alkyl carbamates (subject to hydrolysis) is 1. The van der Waals surface area contributed by atoms with Crippen molar-refractivity contribution in [2.24, 2.45) is 0 Å². The van der Waals surface area contributed by atoms with Gasteiger partial charge in [0.1, 0.15) is 18.2 Å². The third-order valence-electron chi connectivity index (χ3n) is 6.24. The molecule has 0 fully saturated rings. The number of nitrogens with one attached hydrogen (secondary N) is 2.